The molecular weight excluding hydrogens is 276 g/mol. The first-order valence-corrected chi connectivity index (χ1v) is 7.67. The summed E-state index contributed by atoms with van der Waals surface area (Å²) in [4.78, 5) is 17.2. The number of hydrogen-bond donors (Lipinski definition) is 1. The van der Waals surface area contributed by atoms with Gasteiger partial charge in [0.25, 0.3) is 0 Å². The van der Waals surface area contributed by atoms with Gasteiger partial charge in [-0.25, -0.2) is 4.79 Å². The largest absolute Gasteiger partial charge is 0.444 e. The molecule has 3 rings (SSSR count). The van der Waals surface area contributed by atoms with Gasteiger partial charge in [-0.15, -0.1) is 0 Å². The van der Waals surface area contributed by atoms with Crippen LogP contribution in [-0.4, -0.2) is 34.7 Å². The highest BCUT2D eigenvalue weighted by molar-refractivity contribution is 5.91. The van der Waals surface area contributed by atoms with Gasteiger partial charge in [-0.1, -0.05) is 24.3 Å². The fourth-order valence-corrected chi connectivity index (χ4v) is 2.76. The van der Waals surface area contributed by atoms with Crippen molar-refractivity contribution in [2.24, 2.45) is 0 Å². The maximum atomic E-state index is 12.1. The number of fused-ring (bicyclic) bond motifs is 1. The Hall–Kier alpha value is -2.23. The van der Waals surface area contributed by atoms with Crippen LogP contribution in [0, 0.1) is 0 Å². The number of amides is 1. The summed E-state index contributed by atoms with van der Waals surface area (Å²) < 4.78 is 5.43. The number of carbonyl (C=O) groups is 1. The molecule has 1 aromatic carbocycles. The van der Waals surface area contributed by atoms with Gasteiger partial charge >= 0.3 is 6.09 Å². The molecule has 0 atom stereocenters. The minimum Gasteiger partial charge on any atom is -0.444 e. The van der Waals surface area contributed by atoms with Crippen molar-refractivity contribution in [3.05, 3.63) is 42.1 Å². The fraction of sp³-hybridized carbons (Fsp3) is 0.389. The van der Waals surface area contributed by atoms with Crippen molar-refractivity contribution in [1.82, 2.24) is 9.88 Å². The SMILES string of the molecule is CC(C)(C)OC(=O)N1CC=C(c2cccc3cc[nH]c23)CC1. The van der Waals surface area contributed by atoms with Gasteiger partial charge in [-0.3, -0.25) is 0 Å². The van der Waals surface area contributed by atoms with E-state index in [2.05, 4.69) is 35.3 Å². The van der Waals surface area contributed by atoms with Gasteiger partial charge in [0.15, 0.2) is 0 Å². The second-order valence-electron chi connectivity index (χ2n) is 6.65. The summed E-state index contributed by atoms with van der Waals surface area (Å²) in [5, 5.41) is 1.22. The molecule has 0 saturated carbocycles. The Labute approximate surface area is 130 Å². The maximum Gasteiger partial charge on any atom is 0.410 e. The summed E-state index contributed by atoms with van der Waals surface area (Å²) in [6.45, 7) is 6.96. The Morgan fingerprint density at radius 2 is 2.09 bits per heavy atom. The standard InChI is InChI=1S/C18H22N2O2/c1-18(2,3)22-17(21)20-11-8-13(9-12-20)15-6-4-5-14-7-10-19-16(14)15/h4-8,10,19H,9,11-12H2,1-3H3. The Kier molecular flexibility index (Phi) is 3.69. The van der Waals surface area contributed by atoms with E-state index in [-0.39, 0.29) is 6.09 Å². The average molecular weight is 298 g/mol. The van der Waals surface area contributed by atoms with Crippen molar-refractivity contribution in [2.75, 3.05) is 13.1 Å². The number of ether oxygens (including phenoxy) is 1. The molecule has 0 aliphatic carbocycles. The molecule has 1 amide bonds. The number of nitrogens with one attached hydrogen (secondary N) is 1. The molecule has 2 heterocycles. The van der Waals surface area contributed by atoms with Crippen LogP contribution in [0.2, 0.25) is 0 Å². The van der Waals surface area contributed by atoms with Crippen molar-refractivity contribution >= 4 is 22.6 Å². The van der Waals surface area contributed by atoms with E-state index in [4.69, 9.17) is 4.74 Å². The molecule has 116 valence electrons. The summed E-state index contributed by atoms with van der Waals surface area (Å²) in [5.74, 6) is 0. The Morgan fingerprint density at radius 3 is 2.77 bits per heavy atom. The lowest BCUT2D eigenvalue weighted by molar-refractivity contribution is 0.0270. The monoisotopic (exact) mass is 298 g/mol. The van der Waals surface area contributed by atoms with Crippen molar-refractivity contribution in [3.8, 4) is 0 Å². The maximum absolute atomic E-state index is 12.1. The predicted octanol–water partition coefficient (Wildman–Crippen LogP) is 4.19. The van der Waals surface area contributed by atoms with Crippen LogP contribution in [-0.2, 0) is 4.74 Å². The molecule has 1 N–H and O–H groups in total. The summed E-state index contributed by atoms with van der Waals surface area (Å²) in [6.07, 6.45) is 4.70. The van der Waals surface area contributed by atoms with Gasteiger partial charge in [0.2, 0.25) is 0 Å². The van der Waals surface area contributed by atoms with Crippen molar-refractivity contribution in [1.29, 1.82) is 0 Å². The summed E-state index contributed by atoms with van der Waals surface area (Å²) in [6, 6.07) is 8.39. The number of hydrogen-bond acceptors (Lipinski definition) is 2. The highest BCUT2D eigenvalue weighted by atomic mass is 16.6. The lowest BCUT2D eigenvalue weighted by atomic mass is 9.98. The van der Waals surface area contributed by atoms with Gasteiger partial charge in [0.05, 0.1) is 5.52 Å². The molecule has 0 unspecified atom stereocenters. The molecule has 0 fully saturated rings. The van der Waals surface area contributed by atoms with Crippen LogP contribution in [0.5, 0.6) is 0 Å². The average Bonchev–Trinajstić information content (AvgIpc) is 2.94. The quantitative estimate of drug-likeness (QED) is 0.858. The zero-order chi connectivity index (χ0) is 15.7. The van der Waals surface area contributed by atoms with E-state index in [0.29, 0.717) is 13.1 Å². The lowest BCUT2D eigenvalue weighted by Crippen LogP contribution is -2.39. The van der Waals surface area contributed by atoms with Gasteiger partial charge in [0, 0.05) is 24.8 Å². The minimum atomic E-state index is -0.448. The van der Waals surface area contributed by atoms with Crippen LogP contribution in [0.25, 0.3) is 16.5 Å². The normalized spacial score (nSPS) is 15.8. The topological polar surface area (TPSA) is 45.3 Å². The Bertz CT molecular complexity index is 722. The molecule has 0 saturated heterocycles. The number of benzene rings is 1. The molecule has 4 nitrogen and oxygen atoms in total. The molecule has 1 aromatic heterocycles. The summed E-state index contributed by atoms with van der Waals surface area (Å²) >= 11 is 0. The van der Waals surface area contributed by atoms with E-state index in [9.17, 15) is 4.79 Å². The van der Waals surface area contributed by atoms with E-state index < -0.39 is 5.60 Å². The van der Waals surface area contributed by atoms with Crippen LogP contribution >= 0.6 is 0 Å². The fourth-order valence-electron chi connectivity index (χ4n) is 2.76. The number of rotatable bonds is 1. The second kappa shape index (κ2) is 5.52. The van der Waals surface area contributed by atoms with Crippen molar-refractivity contribution in [3.63, 3.8) is 0 Å². The number of nitrogens with zero attached hydrogens (tertiary/aromatic N) is 1. The first-order chi connectivity index (χ1) is 10.4. The lowest BCUT2D eigenvalue weighted by Gasteiger charge is -2.29. The van der Waals surface area contributed by atoms with Crippen LogP contribution in [0.3, 0.4) is 0 Å². The van der Waals surface area contributed by atoms with Crippen molar-refractivity contribution < 1.29 is 9.53 Å². The van der Waals surface area contributed by atoms with Crippen LogP contribution in [0.1, 0.15) is 32.8 Å². The van der Waals surface area contributed by atoms with Crippen LogP contribution in [0.4, 0.5) is 4.79 Å². The minimum absolute atomic E-state index is 0.235. The zero-order valence-electron chi connectivity index (χ0n) is 13.3. The smallest absolute Gasteiger partial charge is 0.410 e. The Balaban J connectivity index is 1.77. The highest BCUT2D eigenvalue weighted by Gasteiger charge is 2.24. The molecule has 0 bridgehead atoms. The summed E-state index contributed by atoms with van der Waals surface area (Å²) in [7, 11) is 0. The Morgan fingerprint density at radius 1 is 1.27 bits per heavy atom. The van der Waals surface area contributed by atoms with Gasteiger partial charge in [-0.2, -0.15) is 0 Å². The van der Waals surface area contributed by atoms with E-state index >= 15 is 0 Å². The predicted molar refractivity (Wildman–Crippen MR) is 88.7 cm³/mol. The number of aromatic amines is 1. The van der Waals surface area contributed by atoms with E-state index in [1.807, 2.05) is 27.0 Å². The third kappa shape index (κ3) is 3.01. The molecular formula is C18H22N2O2. The first-order valence-electron chi connectivity index (χ1n) is 7.67. The van der Waals surface area contributed by atoms with E-state index in [1.165, 1.54) is 22.0 Å². The molecule has 1 aliphatic heterocycles. The van der Waals surface area contributed by atoms with Crippen molar-refractivity contribution in [2.45, 2.75) is 32.8 Å². The van der Waals surface area contributed by atoms with Gasteiger partial charge in [0.1, 0.15) is 5.60 Å². The van der Waals surface area contributed by atoms with Gasteiger partial charge in [-0.05, 0) is 44.2 Å². The van der Waals surface area contributed by atoms with Gasteiger partial charge < -0.3 is 14.6 Å². The molecule has 2 aromatic rings. The molecule has 4 heteroatoms. The van der Waals surface area contributed by atoms with Crippen LogP contribution < -0.4 is 0 Å². The number of carbonyl (C=O) groups excluding carboxylic acids is 1. The number of para-hydroxylation sites is 1. The second-order valence-corrected chi connectivity index (χ2v) is 6.65. The third-order valence-corrected chi connectivity index (χ3v) is 3.79. The summed E-state index contributed by atoms with van der Waals surface area (Å²) in [5.41, 5.74) is 3.23. The molecule has 1 aliphatic rings. The highest BCUT2D eigenvalue weighted by Crippen LogP contribution is 2.28. The number of H-pyrrole nitrogens is 1. The zero-order valence-corrected chi connectivity index (χ0v) is 13.3. The van der Waals surface area contributed by atoms with E-state index in [0.717, 1.165) is 6.42 Å². The van der Waals surface area contributed by atoms with E-state index in [1.54, 1.807) is 4.90 Å². The van der Waals surface area contributed by atoms with Crippen LogP contribution in [0.15, 0.2) is 36.5 Å². The molecule has 22 heavy (non-hydrogen) atoms. The number of aromatic nitrogens is 1. The molecule has 0 radical (unpaired) electrons. The molecule has 0 spiro atoms. The third-order valence-electron chi connectivity index (χ3n) is 3.79. The first kappa shape index (κ1) is 14.7.